The van der Waals surface area contributed by atoms with Crippen molar-refractivity contribution in [3.8, 4) is 0 Å². The number of primary amides is 1. The van der Waals surface area contributed by atoms with E-state index in [4.69, 9.17) is 5.73 Å². The molecule has 1 amide bonds. The van der Waals surface area contributed by atoms with Crippen LogP contribution in [0.1, 0.15) is 12.6 Å². The van der Waals surface area contributed by atoms with E-state index in [-0.39, 0.29) is 0 Å². The van der Waals surface area contributed by atoms with Crippen molar-refractivity contribution < 1.29 is 4.79 Å². The van der Waals surface area contributed by atoms with Crippen LogP contribution in [0.3, 0.4) is 0 Å². The van der Waals surface area contributed by atoms with Gasteiger partial charge in [-0.2, -0.15) is 0 Å². The predicted octanol–water partition coefficient (Wildman–Crippen LogP) is 0.365. The second-order valence-corrected chi connectivity index (χ2v) is 2.16. The number of rotatable bonds is 2. The predicted molar refractivity (Wildman–Crippen MR) is 44.9 cm³/mol. The van der Waals surface area contributed by atoms with E-state index in [2.05, 4.69) is 9.97 Å². The molecule has 0 radical (unpaired) electrons. The summed E-state index contributed by atoms with van der Waals surface area (Å²) in [5.41, 5.74) is 6.08. The first-order valence-electron chi connectivity index (χ1n) is 3.48. The Labute approximate surface area is 70.1 Å². The maximum atomic E-state index is 10.8. The Morgan fingerprint density at radius 2 is 2.42 bits per heavy atom. The quantitative estimate of drug-likeness (QED) is 0.640. The average Bonchev–Trinajstić information content (AvgIpc) is 2.07. The SMILES string of the molecule is CC=C(C(N)=O)c1ccncn1. The number of hydrogen-bond acceptors (Lipinski definition) is 3. The molecule has 1 aromatic rings. The van der Waals surface area contributed by atoms with Crippen molar-refractivity contribution in [2.75, 3.05) is 0 Å². The zero-order valence-corrected chi connectivity index (χ0v) is 6.69. The Balaban J connectivity index is 3.05. The van der Waals surface area contributed by atoms with Gasteiger partial charge in [0, 0.05) is 6.20 Å². The molecule has 0 aliphatic rings. The molecule has 0 saturated heterocycles. The number of carbonyl (C=O) groups is 1. The summed E-state index contributed by atoms with van der Waals surface area (Å²) < 4.78 is 0. The van der Waals surface area contributed by atoms with E-state index >= 15 is 0 Å². The van der Waals surface area contributed by atoms with Crippen LogP contribution in [0.25, 0.3) is 5.57 Å². The van der Waals surface area contributed by atoms with Gasteiger partial charge in [0.1, 0.15) is 6.33 Å². The molecule has 0 unspecified atom stereocenters. The van der Waals surface area contributed by atoms with E-state index in [1.54, 1.807) is 25.3 Å². The average molecular weight is 163 g/mol. The van der Waals surface area contributed by atoms with Crippen LogP contribution < -0.4 is 5.73 Å². The van der Waals surface area contributed by atoms with Gasteiger partial charge in [-0.3, -0.25) is 4.79 Å². The fourth-order valence-electron chi connectivity index (χ4n) is 0.866. The third kappa shape index (κ3) is 1.66. The molecule has 0 aromatic carbocycles. The topological polar surface area (TPSA) is 68.9 Å². The molecule has 2 N–H and O–H groups in total. The van der Waals surface area contributed by atoms with E-state index in [9.17, 15) is 4.79 Å². The summed E-state index contributed by atoms with van der Waals surface area (Å²) in [4.78, 5) is 18.4. The molecule has 4 nitrogen and oxygen atoms in total. The van der Waals surface area contributed by atoms with Crippen LogP contribution in [-0.4, -0.2) is 15.9 Å². The Morgan fingerprint density at radius 3 is 2.83 bits per heavy atom. The van der Waals surface area contributed by atoms with Gasteiger partial charge >= 0.3 is 0 Å². The molecular formula is C8H9N3O. The molecule has 1 aromatic heterocycles. The van der Waals surface area contributed by atoms with Gasteiger partial charge in [0.25, 0.3) is 5.91 Å². The van der Waals surface area contributed by atoms with Crippen molar-refractivity contribution in [3.05, 3.63) is 30.4 Å². The molecule has 0 spiro atoms. The number of hydrogen-bond donors (Lipinski definition) is 1. The highest BCUT2D eigenvalue weighted by Gasteiger charge is 2.06. The monoisotopic (exact) mass is 163 g/mol. The van der Waals surface area contributed by atoms with Crippen molar-refractivity contribution >= 4 is 11.5 Å². The third-order valence-electron chi connectivity index (χ3n) is 1.41. The standard InChI is InChI=1S/C8H9N3O/c1-2-6(8(9)12)7-3-4-10-5-11-7/h2-5H,1H3,(H2,9,12). The van der Waals surface area contributed by atoms with Crippen LogP contribution in [0.4, 0.5) is 0 Å². The van der Waals surface area contributed by atoms with E-state index in [1.165, 1.54) is 6.33 Å². The number of allylic oxidation sites excluding steroid dienone is 1. The first kappa shape index (κ1) is 8.39. The number of nitrogens with two attached hydrogens (primary N) is 1. The molecular weight excluding hydrogens is 154 g/mol. The second-order valence-electron chi connectivity index (χ2n) is 2.16. The lowest BCUT2D eigenvalue weighted by molar-refractivity contribution is -0.112. The summed E-state index contributed by atoms with van der Waals surface area (Å²) in [6.07, 6.45) is 4.57. The van der Waals surface area contributed by atoms with Crippen molar-refractivity contribution in [1.82, 2.24) is 9.97 Å². The minimum absolute atomic E-state index is 0.414. The Morgan fingerprint density at radius 1 is 1.67 bits per heavy atom. The number of amides is 1. The lowest BCUT2D eigenvalue weighted by Gasteiger charge is -1.98. The molecule has 0 saturated carbocycles. The highest BCUT2D eigenvalue weighted by molar-refractivity contribution is 6.17. The van der Waals surface area contributed by atoms with Crippen molar-refractivity contribution in [3.63, 3.8) is 0 Å². The molecule has 12 heavy (non-hydrogen) atoms. The molecule has 0 bridgehead atoms. The van der Waals surface area contributed by atoms with Crippen molar-refractivity contribution in [1.29, 1.82) is 0 Å². The maximum absolute atomic E-state index is 10.8. The van der Waals surface area contributed by atoms with E-state index in [0.29, 0.717) is 11.3 Å². The number of aromatic nitrogens is 2. The van der Waals surface area contributed by atoms with Gasteiger partial charge in [-0.25, -0.2) is 9.97 Å². The van der Waals surface area contributed by atoms with Crippen LogP contribution in [-0.2, 0) is 4.79 Å². The summed E-state index contributed by atoms with van der Waals surface area (Å²) >= 11 is 0. The lowest BCUT2D eigenvalue weighted by atomic mass is 10.1. The molecule has 1 heterocycles. The van der Waals surface area contributed by atoms with Gasteiger partial charge in [-0.1, -0.05) is 6.08 Å². The highest BCUT2D eigenvalue weighted by atomic mass is 16.1. The minimum atomic E-state index is -0.476. The lowest BCUT2D eigenvalue weighted by Crippen LogP contribution is -2.13. The van der Waals surface area contributed by atoms with Gasteiger partial charge in [-0.15, -0.1) is 0 Å². The van der Waals surface area contributed by atoms with Gasteiger partial charge in [0.2, 0.25) is 0 Å². The Kier molecular flexibility index (Phi) is 2.53. The zero-order valence-electron chi connectivity index (χ0n) is 6.69. The van der Waals surface area contributed by atoms with Crippen LogP contribution in [0.2, 0.25) is 0 Å². The summed E-state index contributed by atoms with van der Waals surface area (Å²) in [6, 6.07) is 1.64. The van der Waals surface area contributed by atoms with Crippen LogP contribution in [0.15, 0.2) is 24.7 Å². The van der Waals surface area contributed by atoms with E-state index in [1.807, 2.05) is 0 Å². The Bertz CT molecular complexity index is 305. The summed E-state index contributed by atoms with van der Waals surface area (Å²) in [7, 11) is 0. The van der Waals surface area contributed by atoms with Gasteiger partial charge in [0.05, 0.1) is 11.3 Å². The molecule has 0 aliphatic heterocycles. The molecule has 0 fully saturated rings. The zero-order chi connectivity index (χ0) is 8.97. The van der Waals surface area contributed by atoms with Gasteiger partial charge in [0.15, 0.2) is 0 Å². The minimum Gasteiger partial charge on any atom is -0.366 e. The molecule has 0 aliphatic carbocycles. The summed E-state index contributed by atoms with van der Waals surface area (Å²) in [6.45, 7) is 1.74. The van der Waals surface area contributed by atoms with Crippen LogP contribution >= 0.6 is 0 Å². The normalized spacial score (nSPS) is 11.2. The maximum Gasteiger partial charge on any atom is 0.250 e. The fraction of sp³-hybridized carbons (Fsp3) is 0.125. The van der Waals surface area contributed by atoms with Gasteiger partial charge < -0.3 is 5.73 Å². The first-order valence-corrected chi connectivity index (χ1v) is 3.48. The number of nitrogens with zero attached hydrogens (tertiary/aromatic N) is 2. The Hall–Kier alpha value is -1.71. The van der Waals surface area contributed by atoms with E-state index in [0.717, 1.165) is 0 Å². The van der Waals surface area contributed by atoms with Crippen molar-refractivity contribution in [2.24, 2.45) is 5.73 Å². The first-order chi connectivity index (χ1) is 5.75. The van der Waals surface area contributed by atoms with Crippen LogP contribution in [0, 0.1) is 0 Å². The highest BCUT2D eigenvalue weighted by Crippen LogP contribution is 2.08. The van der Waals surface area contributed by atoms with Crippen LogP contribution in [0.5, 0.6) is 0 Å². The largest absolute Gasteiger partial charge is 0.366 e. The van der Waals surface area contributed by atoms with E-state index < -0.39 is 5.91 Å². The summed E-state index contributed by atoms with van der Waals surface area (Å²) in [5, 5.41) is 0. The fourth-order valence-corrected chi connectivity index (χ4v) is 0.866. The number of carbonyl (C=O) groups excluding carboxylic acids is 1. The smallest absolute Gasteiger partial charge is 0.250 e. The van der Waals surface area contributed by atoms with Crippen molar-refractivity contribution in [2.45, 2.75) is 6.92 Å². The molecule has 4 heteroatoms. The van der Waals surface area contributed by atoms with Gasteiger partial charge in [-0.05, 0) is 13.0 Å². The summed E-state index contributed by atoms with van der Waals surface area (Å²) in [5.74, 6) is -0.476. The molecule has 1 rings (SSSR count). The molecule has 62 valence electrons. The second kappa shape index (κ2) is 3.61. The third-order valence-corrected chi connectivity index (χ3v) is 1.41. The molecule has 0 atom stereocenters.